The molecule has 10 heteroatoms. The van der Waals surface area contributed by atoms with Crippen LogP contribution in [0, 0.1) is 0 Å². The molecule has 1 aliphatic heterocycles. The van der Waals surface area contributed by atoms with Crippen LogP contribution in [0.3, 0.4) is 0 Å². The Morgan fingerprint density at radius 1 is 0.464 bits per heavy atom. The molecule has 0 spiro atoms. The van der Waals surface area contributed by atoms with E-state index < -0.39 is 0 Å². The molecule has 0 aromatic heterocycles. The number of hydrazone groups is 4. The van der Waals surface area contributed by atoms with E-state index in [2.05, 4.69) is 42.1 Å². The Morgan fingerprint density at radius 3 is 0.964 bits per heavy atom. The molecule has 3 rings (SSSR count). The number of hydrogen-bond acceptors (Lipinski definition) is 6. The molecule has 28 heavy (non-hydrogen) atoms. The summed E-state index contributed by atoms with van der Waals surface area (Å²) in [7, 11) is 0. The van der Waals surface area contributed by atoms with Crippen molar-refractivity contribution >= 4 is 59.5 Å². The zero-order chi connectivity index (χ0) is 19.6. The second-order valence-corrected chi connectivity index (χ2v) is 6.21. The van der Waals surface area contributed by atoms with E-state index in [9.17, 15) is 0 Å². The first-order chi connectivity index (χ1) is 13.7. The molecule has 2 aromatic carbocycles. The van der Waals surface area contributed by atoms with E-state index in [0.29, 0.717) is 0 Å². The van der Waals surface area contributed by atoms with Gasteiger partial charge in [0.1, 0.15) is 0 Å². The smallest absolute Gasteiger partial charge is 0.207 e. The van der Waals surface area contributed by atoms with E-state index in [4.69, 9.17) is 24.4 Å². The van der Waals surface area contributed by atoms with Gasteiger partial charge in [0.15, 0.2) is 0 Å². The van der Waals surface area contributed by atoms with E-state index in [0.717, 1.165) is 22.3 Å². The normalized spacial score (nSPS) is 19.0. The van der Waals surface area contributed by atoms with Gasteiger partial charge < -0.3 is 0 Å². The molecule has 0 saturated heterocycles. The highest BCUT2D eigenvalue weighted by atomic mass is 32.1. The Morgan fingerprint density at radius 2 is 0.714 bits per heavy atom. The van der Waals surface area contributed by atoms with Gasteiger partial charge in [-0.2, -0.15) is 20.4 Å². The number of thiocarbonyl (C=S) groups is 2. The summed E-state index contributed by atoms with van der Waals surface area (Å²) in [6, 6.07) is 15.2. The first-order valence-electron chi connectivity index (χ1n) is 8.14. The second-order valence-electron chi connectivity index (χ2n) is 5.40. The molecular weight excluding hydrogens is 392 g/mol. The maximum atomic E-state index is 5.16. The highest BCUT2D eigenvalue weighted by Crippen LogP contribution is 2.04. The van der Waals surface area contributed by atoms with Crippen molar-refractivity contribution in [2.75, 3.05) is 0 Å². The van der Waals surface area contributed by atoms with E-state index in [1.54, 1.807) is 24.9 Å². The van der Waals surface area contributed by atoms with Crippen molar-refractivity contribution in [3.05, 3.63) is 70.8 Å². The number of nitrogens with zero attached hydrogens (tertiary/aromatic N) is 4. The summed E-state index contributed by atoms with van der Waals surface area (Å²) in [6.45, 7) is 0. The van der Waals surface area contributed by atoms with Gasteiger partial charge in [0.25, 0.3) is 0 Å². The minimum Gasteiger partial charge on any atom is -0.252 e. The Balaban J connectivity index is 1.85. The van der Waals surface area contributed by atoms with Crippen LogP contribution in [-0.4, -0.2) is 35.1 Å². The summed E-state index contributed by atoms with van der Waals surface area (Å²) in [5.41, 5.74) is 14.3. The SMILES string of the molecule is S=C1N/N=C/c2ccccc2/C=N/NC(=S)N/N=C/c2ccccc2/C=N/N1. The van der Waals surface area contributed by atoms with Crippen LogP contribution in [0.4, 0.5) is 0 Å². The summed E-state index contributed by atoms with van der Waals surface area (Å²) in [6.07, 6.45) is 6.55. The second kappa shape index (κ2) is 10.00. The lowest BCUT2D eigenvalue weighted by atomic mass is 10.1. The zero-order valence-electron chi connectivity index (χ0n) is 14.5. The lowest BCUT2D eigenvalue weighted by Gasteiger charge is -2.05. The summed E-state index contributed by atoms with van der Waals surface area (Å²) < 4.78 is 0. The Kier molecular flexibility index (Phi) is 6.88. The number of nitrogens with one attached hydrogen (secondary N) is 4. The van der Waals surface area contributed by atoms with Crippen LogP contribution in [0.25, 0.3) is 0 Å². The lowest BCUT2D eigenvalue weighted by Crippen LogP contribution is -2.28. The topological polar surface area (TPSA) is 97.6 Å². The summed E-state index contributed by atoms with van der Waals surface area (Å²) in [5.74, 6) is 0. The van der Waals surface area contributed by atoms with E-state index in [1.165, 1.54) is 0 Å². The van der Waals surface area contributed by atoms with Gasteiger partial charge >= 0.3 is 0 Å². The average molecular weight is 409 g/mol. The quantitative estimate of drug-likeness (QED) is 0.495. The third kappa shape index (κ3) is 5.76. The number of hydrogen-bond donors (Lipinski definition) is 4. The molecule has 0 atom stereocenters. The number of benzene rings is 2. The minimum atomic E-state index is 0.264. The molecule has 140 valence electrons. The van der Waals surface area contributed by atoms with Gasteiger partial charge in [0.05, 0.1) is 24.9 Å². The van der Waals surface area contributed by atoms with Gasteiger partial charge in [-0.15, -0.1) is 0 Å². The monoisotopic (exact) mass is 408 g/mol. The number of fused-ring (bicyclic) bond motifs is 2. The predicted octanol–water partition coefficient (Wildman–Crippen LogP) is 1.66. The van der Waals surface area contributed by atoms with Crippen molar-refractivity contribution in [3.8, 4) is 0 Å². The molecule has 1 heterocycles. The van der Waals surface area contributed by atoms with Crippen molar-refractivity contribution in [1.29, 1.82) is 0 Å². The fourth-order valence-corrected chi connectivity index (χ4v) is 2.39. The molecule has 8 nitrogen and oxygen atoms in total. The van der Waals surface area contributed by atoms with Crippen LogP contribution in [0.5, 0.6) is 0 Å². The molecule has 0 unspecified atom stereocenters. The first kappa shape index (κ1) is 19.3. The molecule has 0 saturated carbocycles. The summed E-state index contributed by atoms with van der Waals surface area (Å²) in [5, 5.41) is 17.0. The van der Waals surface area contributed by atoms with Gasteiger partial charge in [0.2, 0.25) is 10.2 Å². The molecule has 0 amide bonds. The molecule has 0 aliphatic carbocycles. The van der Waals surface area contributed by atoms with Gasteiger partial charge in [0, 0.05) is 22.3 Å². The van der Waals surface area contributed by atoms with Crippen LogP contribution in [0.2, 0.25) is 0 Å². The van der Waals surface area contributed by atoms with E-state index >= 15 is 0 Å². The number of rotatable bonds is 0. The molecule has 4 N–H and O–H groups in total. The molecular formula is C18H16N8S2. The Hall–Kier alpha value is -3.50. The molecule has 1 aliphatic rings. The van der Waals surface area contributed by atoms with Crippen molar-refractivity contribution in [1.82, 2.24) is 21.7 Å². The fraction of sp³-hybridized carbons (Fsp3) is 0. The highest BCUT2D eigenvalue weighted by Gasteiger charge is 1.99. The molecule has 0 radical (unpaired) electrons. The summed E-state index contributed by atoms with van der Waals surface area (Å²) >= 11 is 10.3. The zero-order valence-corrected chi connectivity index (χ0v) is 16.2. The average Bonchev–Trinajstić information content (AvgIpc) is 2.70. The first-order valence-corrected chi connectivity index (χ1v) is 8.96. The van der Waals surface area contributed by atoms with Gasteiger partial charge in [-0.05, 0) is 24.4 Å². The highest BCUT2D eigenvalue weighted by molar-refractivity contribution is 7.80. The predicted molar refractivity (Wildman–Crippen MR) is 121 cm³/mol. The van der Waals surface area contributed by atoms with Crippen LogP contribution >= 0.6 is 24.4 Å². The van der Waals surface area contributed by atoms with Crippen LogP contribution < -0.4 is 21.7 Å². The van der Waals surface area contributed by atoms with Gasteiger partial charge in [-0.25, -0.2) is 0 Å². The molecule has 2 aromatic rings. The van der Waals surface area contributed by atoms with Gasteiger partial charge in [-0.3, -0.25) is 21.7 Å². The lowest BCUT2D eigenvalue weighted by molar-refractivity contribution is 0.932. The third-order valence-corrected chi connectivity index (χ3v) is 3.84. The Labute approximate surface area is 172 Å². The van der Waals surface area contributed by atoms with Crippen LogP contribution in [-0.2, 0) is 0 Å². The Bertz CT molecular complexity index is 828. The fourth-order valence-electron chi connectivity index (χ4n) is 2.18. The maximum absolute atomic E-state index is 5.16. The standard InChI is InChI=1S/C18H16N8S2/c27-17-23-19-9-13-5-1-2-6-14(13)10-20-24-18(28)26-22-12-16-8-4-3-7-15(16)11-21-25-17/h1-12H,(H2,23,25,27)(H2,24,26,28)/b19-9+,20-10+,21-11+,22-12+. The van der Waals surface area contributed by atoms with Gasteiger partial charge in [-0.1, -0.05) is 48.5 Å². The third-order valence-electron chi connectivity index (χ3n) is 3.47. The molecule has 0 fully saturated rings. The van der Waals surface area contributed by atoms with E-state index in [1.807, 2.05) is 48.5 Å². The van der Waals surface area contributed by atoms with E-state index in [-0.39, 0.29) is 10.2 Å². The largest absolute Gasteiger partial charge is 0.252 e. The van der Waals surface area contributed by atoms with Crippen molar-refractivity contribution in [3.63, 3.8) is 0 Å². The maximum Gasteiger partial charge on any atom is 0.207 e. The molecule has 0 bridgehead atoms. The van der Waals surface area contributed by atoms with Crippen molar-refractivity contribution < 1.29 is 0 Å². The van der Waals surface area contributed by atoms with Crippen molar-refractivity contribution in [2.24, 2.45) is 20.4 Å². The van der Waals surface area contributed by atoms with Crippen molar-refractivity contribution in [2.45, 2.75) is 0 Å². The van der Waals surface area contributed by atoms with Crippen LogP contribution in [0.1, 0.15) is 22.3 Å². The summed E-state index contributed by atoms with van der Waals surface area (Å²) in [4.78, 5) is 0. The minimum absolute atomic E-state index is 0.264. The van der Waals surface area contributed by atoms with Crippen LogP contribution in [0.15, 0.2) is 68.9 Å².